The fourth-order valence-electron chi connectivity index (χ4n) is 4.34. The molecule has 0 saturated heterocycles. The number of fused-ring (bicyclic) bond motifs is 1. The summed E-state index contributed by atoms with van der Waals surface area (Å²) in [6.07, 6.45) is 0.550. The van der Waals surface area contributed by atoms with Crippen LogP contribution in [0.3, 0.4) is 0 Å². The molecule has 0 atom stereocenters. The molecule has 0 unspecified atom stereocenters. The SMILES string of the molecule is Cc1cc(C)c(NC(=O)CNC(=O)c2ccc3c(c2)C(=O)N(CCc2ccccc2)C3=O)c(C)c1. The van der Waals surface area contributed by atoms with E-state index in [1.54, 1.807) is 0 Å². The maximum absolute atomic E-state index is 12.9. The molecule has 4 amide bonds. The van der Waals surface area contributed by atoms with Crippen LogP contribution in [0.4, 0.5) is 5.69 Å². The van der Waals surface area contributed by atoms with Gasteiger partial charge in [-0.2, -0.15) is 0 Å². The highest BCUT2D eigenvalue weighted by Gasteiger charge is 2.35. The molecule has 35 heavy (non-hydrogen) atoms. The lowest BCUT2D eigenvalue weighted by Crippen LogP contribution is -2.33. The second kappa shape index (κ2) is 9.93. The number of hydrogen-bond donors (Lipinski definition) is 2. The van der Waals surface area contributed by atoms with Crippen molar-refractivity contribution < 1.29 is 19.2 Å². The van der Waals surface area contributed by atoms with E-state index in [0.717, 1.165) is 27.9 Å². The third-order valence-electron chi connectivity index (χ3n) is 6.05. The predicted molar refractivity (Wildman–Crippen MR) is 134 cm³/mol. The lowest BCUT2D eigenvalue weighted by molar-refractivity contribution is -0.115. The molecular weight excluding hydrogens is 442 g/mol. The Morgan fingerprint density at radius 3 is 2.17 bits per heavy atom. The molecule has 2 N–H and O–H groups in total. The monoisotopic (exact) mass is 469 g/mol. The third kappa shape index (κ3) is 5.14. The molecular formula is C28H27N3O4. The minimum Gasteiger partial charge on any atom is -0.343 e. The van der Waals surface area contributed by atoms with Crippen molar-refractivity contribution in [2.45, 2.75) is 27.2 Å². The van der Waals surface area contributed by atoms with E-state index >= 15 is 0 Å². The second-order valence-corrected chi connectivity index (χ2v) is 8.76. The summed E-state index contributed by atoms with van der Waals surface area (Å²) in [4.78, 5) is 51.9. The van der Waals surface area contributed by atoms with Crippen molar-refractivity contribution in [1.82, 2.24) is 10.2 Å². The topological polar surface area (TPSA) is 95.6 Å². The van der Waals surface area contributed by atoms with E-state index in [0.29, 0.717) is 6.42 Å². The Morgan fingerprint density at radius 2 is 1.49 bits per heavy atom. The number of carbonyl (C=O) groups excluding carboxylic acids is 4. The van der Waals surface area contributed by atoms with Crippen LogP contribution < -0.4 is 10.6 Å². The average molecular weight is 470 g/mol. The molecule has 0 aromatic heterocycles. The summed E-state index contributed by atoms with van der Waals surface area (Å²) in [5.74, 6) is -1.63. The molecule has 0 fully saturated rings. The molecule has 0 saturated carbocycles. The highest BCUT2D eigenvalue weighted by Crippen LogP contribution is 2.25. The number of anilines is 1. The fraction of sp³-hybridized carbons (Fsp3) is 0.214. The van der Waals surface area contributed by atoms with Crippen molar-refractivity contribution in [2.24, 2.45) is 0 Å². The lowest BCUT2D eigenvalue weighted by Gasteiger charge is -2.13. The number of nitrogens with one attached hydrogen (secondary N) is 2. The van der Waals surface area contributed by atoms with Crippen molar-refractivity contribution in [3.63, 3.8) is 0 Å². The maximum Gasteiger partial charge on any atom is 0.261 e. The van der Waals surface area contributed by atoms with Crippen molar-refractivity contribution in [3.8, 4) is 0 Å². The number of carbonyl (C=O) groups is 4. The number of amides is 4. The molecule has 7 heteroatoms. The number of rotatable bonds is 7. The van der Waals surface area contributed by atoms with Crippen LogP contribution in [-0.2, 0) is 11.2 Å². The smallest absolute Gasteiger partial charge is 0.261 e. The fourth-order valence-corrected chi connectivity index (χ4v) is 4.34. The zero-order valence-corrected chi connectivity index (χ0v) is 20.0. The van der Waals surface area contributed by atoms with Gasteiger partial charge in [0.05, 0.1) is 17.7 Å². The quantitative estimate of drug-likeness (QED) is 0.514. The molecule has 1 heterocycles. The van der Waals surface area contributed by atoms with Gasteiger partial charge in [-0.25, -0.2) is 0 Å². The number of imide groups is 1. The zero-order chi connectivity index (χ0) is 25.1. The van der Waals surface area contributed by atoms with Crippen LogP contribution in [0.2, 0.25) is 0 Å². The third-order valence-corrected chi connectivity index (χ3v) is 6.05. The van der Waals surface area contributed by atoms with E-state index < -0.39 is 11.8 Å². The Labute approximate surface area is 204 Å². The summed E-state index contributed by atoms with van der Waals surface area (Å²) in [7, 11) is 0. The predicted octanol–water partition coefficient (Wildman–Crippen LogP) is 3.82. The van der Waals surface area contributed by atoms with E-state index in [2.05, 4.69) is 10.6 Å². The molecule has 3 aromatic carbocycles. The van der Waals surface area contributed by atoms with Gasteiger partial charge in [-0.05, 0) is 62.1 Å². The van der Waals surface area contributed by atoms with Crippen LogP contribution in [-0.4, -0.2) is 41.6 Å². The number of aryl methyl sites for hydroxylation is 3. The minimum atomic E-state index is -0.497. The van der Waals surface area contributed by atoms with Crippen molar-refractivity contribution in [2.75, 3.05) is 18.4 Å². The molecule has 0 spiro atoms. The van der Waals surface area contributed by atoms with E-state index in [9.17, 15) is 19.2 Å². The molecule has 3 aromatic rings. The van der Waals surface area contributed by atoms with Crippen LogP contribution in [0.15, 0.2) is 60.7 Å². The first-order valence-electron chi connectivity index (χ1n) is 11.4. The largest absolute Gasteiger partial charge is 0.343 e. The standard InChI is InChI=1S/C28H27N3O4/c1-17-13-18(2)25(19(3)14-17)30-24(32)16-29-26(33)21-9-10-22-23(15-21)28(35)31(27(22)34)12-11-20-7-5-4-6-8-20/h4-10,13-15H,11-12,16H2,1-3H3,(H,29,33)(H,30,32). The van der Waals surface area contributed by atoms with Gasteiger partial charge in [0.2, 0.25) is 5.91 Å². The molecule has 1 aliphatic heterocycles. The van der Waals surface area contributed by atoms with Gasteiger partial charge in [0.25, 0.3) is 17.7 Å². The molecule has 4 rings (SSSR count). The van der Waals surface area contributed by atoms with Crippen molar-refractivity contribution >= 4 is 29.3 Å². The van der Waals surface area contributed by atoms with Gasteiger partial charge in [0.1, 0.15) is 0 Å². The second-order valence-electron chi connectivity index (χ2n) is 8.76. The molecule has 178 valence electrons. The molecule has 0 aliphatic carbocycles. The molecule has 0 bridgehead atoms. The van der Waals surface area contributed by atoms with Crippen molar-refractivity contribution in [1.29, 1.82) is 0 Å². The maximum atomic E-state index is 12.9. The van der Waals surface area contributed by atoms with E-state index in [1.807, 2.05) is 63.2 Å². The van der Waals surface area contributed by atoms with Crippen LogP contribution in [0, 0.1) is 20.8 Å². The first-order valence-corrected chi connectivity index (χ1v) is 11.4. The van der Waals surface area contributed by atoms with Gasteiger partial charge >= 0.3 is 0 Å². The van der Waals surface area contributed by atoms with E-state index in [1.165, 1.54) is 23.1 Å². The molecule has 0 radical (unpaired) electrons. The number of nitrogens with zero attached hydrogens (tertiary/aromatic N) is 1. The van der Waals surface area contributed by atoms with E-state index in [4.69, 9.17) is 0 Å². The molecule has 1 aliphatic rings. The first kappa shape index (κ1) is 23.9. The van der Waals surface area contributed by atoms with Gasteiger partial charge in [-0.3, -0.25) is 24.1 Å². The van der Waals surface area contributed by atoms with Gasteiger partial charge < -0.3 is 10.6 Å². The highest BCUT2D eigenvalue weighted by atomic mass is 16.2. The lowest BCUT2D eigenvalue weighted by atomic mass is 10.0. The van der Waals surface area contributed by atoms with Crippen LogP contribution >= 0.6 is 0 Å². The van der Waals surface area contributed by atoms with E-state index in [-0.39, 0.29) is 41.6 Å². The Kier molecular flexibility index (Phi) is 6.78. The van der Waals surface area contributed by atoms with Crippen LogP contribution in [0.5, 0.6) is 0 Å². The summed E-state index contributed by atoms with van der Waals surface area (Å²) in [5, 5.41) is 5.42. The summed E-state index contributed by atoms with van der Waals surface area (Å²) in [6, 6.07) is 18.0. The van der Waals surface area contributed by atoms with Gasteiger partial charge in [-0.15, -0.1) is 0 Å². The summed E-state index contributed by atoms with van der Waals surface area (Å²) in [6.45, 7) is 5.86. The van der Waals surface area contributed by atoms with Gasteiger partial charge in [0.15, 0.2) is 0 Å². The normalized spacial score (nSPS) is 12.5. The number of hydrogen-bond acceptors (Lipinski definition) is 4. The van der Waals surface area contributed by atoms with Crippen LogP contribution in [0.1, 0.15) is 53.3 Å². The Hall–Kier alpha value is -4.26. The first-order chi connectivity index (χ1) is 16.7. The highest BCUT2D eigenvalue weighted by molar-refractivity contribution is 6.22. The van der Waals surface area contributed by atoms with Gasteiger partial charge in [0, 0.05) is 17.8 Å². The summed E-state index contributed by atoms with van der Waals surface area (Å²) < 4.78 is 0. The summed E-state index contributed by atoms with van der Waals surface area (Å²) in [5.41, 5.74) is 5.45. The summed E-state index contributed by atoms with van der Waals surface area (Å²) >= 11 is 0. The zero-order valence-electron chi connectivity index (χ0n) is 20.0. The van der Waals surface area contributed by atoms with Crippen LogP contribution in [0.25, 0.3) is 0 Å². The number of benzene rings is 3. The Balaban J connectivity index is 1.38. The average Bonchev–Trinajstić information content (AvgIpc) is 3.08. The Bertz CT molecular complexity index is 1310. The minimum absolute atomic E-state index is 0.200. The Morgan fingerprint density at radius 1 is 0.829 bits per heavy atom. The van der Waals surface area contributed by atoms with Crippen molar-refractivity contribution in [3.05, 3.63) is 99.6 Å². The van der Waals surface area contributed by atoms with Gasteiger partial charge in [-0.1, -0.05) is 48.0 Å². The molecule has 7 nitrogen and oxygen atoms in total.